The summed E-state index contributed by atoms with van der Waals surface area (Å²) in [5, 5.41) is 0. The normalized spacial score (nSPS) is 16.5. The van der Waals surface area contributed by atoms with Crippen molar-refractivity contribution in [2.24, 2.45) is 5.92 Å². The lowest BCUT2D eigenvalue weighted by molar-refractivity contribution is 0.254. The van der Waals surface area contributed by atoms with Crippen LogP contribution >= 0.6 is 0 Å². The fraction of sp³-hybridized carbons (Fsp3) is 1.00. The summed E-state index contributed by atoms with van der Waals surface area (Å²) in [7, 11) is 4.37. The molecule has 1 heteroatoms. The molecule has 0 aliphatic carbocycles. The summed E-state index contributed by atoms with van der Waals surface area (Å²) < 4.78 is 0. The van der Waals surface area contributed by atoms with Crippen molar-refractivity contribution < 1.29 is 0 Å². The van der Waals surface area contributed by atoms with E-state index in [0.717, 1.165) is 12.0 Å². The van der Waals surface area contributed by atoms with E-state index in [1.165, 1.54) is 25.7 Å². The third-order valence-corrected chi connectivity index (χ3v) is 2.89. The quantitative estimate of drug-likeness (QED) is 0.593. The molecule has 0 aromatic carbocycles. The number of rotatable bonds is 6. The van der Waals surface area contributed by atoms with Crippen LogP contribution in [-0.2, 0) is 0 Å². The number of hydrogen-bond donors (Lipinski definition) is 0. The molecule has 0 fully saturated rings. The highest BCUT2D eigenvalue weighted by molar-refractivity contribution is 4.65. The van der Waals surface area contributed by atoms with Gasteiger partial charge in [0.15, 0.2) is 0 Å². The van der Waals surface area contributed by atoms with Crippen LogP contribution in [0.4, 0.5) is 0 Å². The van der Waals surface area contributed by atoms with Crippen LogP contribution in [0.2, 0.25) is 0 Å². The molecule has 0 aromatic rings. The molecule has 0 amide bonds. The zero-order chi connectivity index (χ0) is 9.56. The average molecular weight is 171 g/mol. The summed E-state index contributed by atoms with van der Waals surface area (Å²) in [5.74, 6) is 0.902. The Hall–Kier alpha value is -0.0400. The molecule has 2 unspecified atom stereocenters. The van der Waals surface area contributed by atoms with Gasteiger partial charge in [-0.2, -0.15) is 0 Å². The summed E-state index contributed by atoms with van der Waals surface area (Å²) in [6.07, 6.45) is 5.35. The Balaban J connectivity index is 3.58. The molecule has 12 heavy (non-hydrogen) atoms. The van der Waals surface area contributed by atoms with Gasteiger partial charge in [0.05, 0.1) is 0 Å². The summed E-state index contributed by atoms with van der Waals surface area (Å²) in [5.41, 5.74) is 0. The molecule has 74 valence electrons. The fourth-order valence-corrected chi connectivity index (χ4v) is 1.51. The lowest BCUT2D eigenvalue weighted by atomic mass is 9.98. The predicted octanol–water partition coefficient (Wildman–Crippen LogP) is 3.15. The zero-order valence-electron chi connectivity index (χ0n) is 9.43. The second-order valence-corrected chi connectivity index (χ2v) is 4.12. The SMILES string of the molecule is CCC(C)CCC(CC)N(C)C. The first-order valence-electron chi connectivity index (χ1n) is 5.28. The van der Waals surface area contributed by atoms with Crippen molar-refractivity contribution in [2.45, 2.75) is 52.5 Å². The van der Waals surface area contributed by atoms with Crippen LogP contribution in [-0.4, -0.2) is 25.0 Å². The predicted molar refractivity (Wildman–Crippen MR) is 56.5 cm³/mol. The summed E-state index contributed by atoms with van der Waals surface area (Å²) in [4.78, 5) is 2.35. The van der Waals surface area contributed by atoms with Crippen LogP contribution in [0.25, 0.3) is 0 Å². The first-order valence-corrected chi connectivity index (χ1v) is 5.28. The number of hydrogen-bond acceptors (Lipinski definition) is 1. The van der Waals surface area contributed by atoms with E-state index in [1.54, 1.807) is 0 Å². The second-order valence-electron chi connectivity index (χ2n) is 4.12. The van der Waals surface area contributed by atoms with Gasteiger partial charge in [0.25, 0.3) is 0 Å². The maximum atomic E-state index is 2.35. The van der Waals surface area contributed by atoms with Crippen molar-refractivity contribution in [3.05, 3.63) is 0 Å². The summed E-state index contributed by atoms with van der Waals surface area (Å²) >= 11 is 0. The van der Waals surface area contributed by atoms with Crippen LogP contribution in [0.15, 0.2) is 0 Å². The molecule has 0 rings (SSSR count). The molecular formula is C11H25N. The molecular weight excluding hydrogens is 146 g/mol. The highest BCUT2D eigenvalue weighted by Crippen LogP contribution is 2.15. The third-order valence-electron chi connectivity index (χ3n) is 2.89. The summed E-state index contributed by atoms with van der Waals surface area (Å²) in [6, 6.07) is 0.791. The van der Waals surface area contributed by atoms with Gasteiger partial charge in [-0.1, -0.05) is 27.2 Å². The monoisotopic (exact) mass is 171 g/mol. The van der Waals surface area contributed by atoms with E-state index < -0.39 is 0 Å². The highest BCUT2D eigenvalue weighted by Gasteiger charge is 2.09. The molecule has 0 aliphatic rings. The Morgan fingerprint density at radius 2 is 1.58 bits per heavy atom. The van der Waals surface area contributed by atoms with Gasteiger partial charge in [-0.25, -0.2) is 0 Å². The Labute approximate surface area is 78.1 Å². The van der Waals surface area contributed by atoms with Crippen LogP contribution < -0.4 is 0 Å². The molecule has 0 bridgehead atoms. The molecule has 0 heterocycles. The first kappa shape index (κ1) is 12.0. The van der Waals surface area contributed by atoms with Gasteiger partial charge in [-0.05, 0) is 39.3 Å². The van der Waals surface area contributed by atoms with Crippen molar-refractivity contribution in [2.75, 3.05) is 14.1 Å². The van der Waals surface area contributed by atoms with Gasteiger partial charge in [-0.3, -0.25) is 0 Å². The third kappa shape index (κ3) is 4.76. The smallest absolute Gasteiger partial charge is 0.00866 e. The van der Waals surface area contributed by atoms with Gasteiger partial charge in [-0.15, -0.1) is 0 Å². The molecule has 0 spiro atoms. The van der Waals surface area contributed by atoms with Crippen molar-refractivity contribution in [1.29, 1.82) is 0 Å². The van der Waals surface area contributed by atoms with Crippen LogP contribution in [0, 0.1) is 5.92 Å². The maximum Gasteiger partial charge on any atom is 0.00866 e. The zero-order valence-corrected chi connectivity index (χ0v) is 9.43. The standard InChI is InChI=1S/C11H25N/c1-6-10(3)8-9-11(7-2)12(4)5/h10-11H,6-9H2,1-5H3. The summed E-state index contributed by atoms with van der Waals surface area (Å²) in [6.45, 7) is 6.91. The highest BCUT2D eigenvalue weighted by atomic mass is 15.1. The van der Waals surface area contributed by atoms with Gasteiger partial charge in [0.1, 0.15) is 0 Å². The lowest BCUT2D eigenvalue weighted by Gasteiger charge is -2.23. The Morgan fingerprint density at radius 1 is 1.00 bits per heavy atom. The van der Waals surface area contributed by atoms with E-state index in [2.05, 4.69) is 39.8 Å². The Morgan fingerprint density at radius 3 is 1.92 bits per heavy atom. The van der Waals surface area contributed by atoms with Gasteiger partial charge in [0, 0.05) is 6.04 Å². The van der Waals surface area contributed by atoms with E-state index in [4.69, 9.17) is 0 Å². The maximum absolute atomic E-state index is 2.35. The second kappa shape index (κ2) is 6.47. The van der Waals surface area contributed by atoms with Crippen LogP contribution in [0.1, 0.15) is 46.5 Å². The van der Waals surface area contributed by atoms with E-state index in [1.807, 2.05) is 0 Å². The molecule has 0 radical (unpaired) electrons. The molecule has 0 saturated carbocycles. The van der Waals surface area contributed by atoms with Crippen molar-refractivity contribution in [1.82, 2.24) is 4.90 Å². The Bertz CT molecular complexity index is 99.2. The largest absolute Gasteiger partial charge is 0.306 e. The minimum absolute atomic E-state index is 0.791. The van der Waals surface area contributed by atoms with Crippen molar-refractivity contribution in [3.8, 4) is 0 Å². The topological polar surface area (TPSA) is 3.24 Å². The van der Waals surface area contributed by atoms with Crippen molar-refractivity contribution in [3.63, 3.8) is 0 Å². The molecule has 0 saturated heterocycles. The van der Waals surface area contributed by atoms with Gasteiger partial charge in [0.2, 0.25) is 0 Å². The van der Waals surface area contributed by atoms with Crippen LogP contribution in [0.5, 0.6) is 0 Å². The molecule has 0 N–H and O–H groups in total. The molecule has 0 aromatic heterocycles. The van der Waals surface area contributed by atoms with Gasteiger partial charge < -0.3 is 4.90 Å². The minimum Gasteiger partial charge on any atom is -0.306 e. The molecule has 2 atom stereocenters. The van der Waals surface area contributed by atoms with E-state index in [0.29, 0.717) is 0 Å². The average Bonchev–Trinajstić information content (AvgIpc) is 2.04. The van der Waals surface area contributed by atoms with Gasteiger partial charge >= 0.3 is 0 Å². The minimum atomic E-state index is 0.791. The first-order chi connectivity index (χ1) is 5.61. The van der Waals surface area contributed by atoms with E-state index in [-0.39, 0.29) is 0 Å². The van der Waals surface area contributed by atoms with E-state index in [9.17, 15) is 0 Å². The Kier molecular flexibility index (Phi) is 6.45. The fourth-order valence-electron chi connectivity index (χ4n) is 1.51. The molecule has 1 nitrogen and oxygen atoms in total. The molecule has 0 aliphatic heterocycles. The number of nitrogens with zero attached hydrogens (tertiary/aromatic N) is 1. The lowest BCUT2D eigenvalue weighted by Crippen LogP contribution is -2.27. The van der Waals surface area contributed by atoms with Crippen molar-refractivity contribution >= 4 is 0 Å². The van der Waals surface area contributed by atoms with E-state index >= 15 is 0 Å². The van der Waals surface area contributed by atoms with Crippen LogP contribution in [0.3, 0.4) is 0 Å².